The van der Waals surface area contributed by atoms with Crippen LogP contribution in [-0.4, -0.2) is 5.97 Å². The lowest BCUT2D eigenvalue weighted by Crippen LogP contribution is -2.03. The van der Waals surface area contributed by atoms with Gasteiger partial charge in [0.2, 0.25) is 0 Å². The van der Waals surface area contributed by atoms with Crippen molar-refractivity contribution in [3.63, 3.8) is 0 Å². The van der Waals surface area contributed by atoms with Gasteiger partial charge in [-0.25, -0.2) is 4.39 Å². The van der Waals surface area contributed by atoms with Gasteiger partial charge in [0.25, 0.3) is 0 Å². The van der Waals surface area contributed by atoms with Crippen molar-refractivity contribution >= 4 is 5.97 Å². The zero-order chi connectivity index (χ0) is 17.6. The molecule has 0 saturated heterocycles. The number of benzene rings is 3. The summed E-state index contributed by atoms with van der Waals surface area (Å²) in [7, 11) is 0. The predicted molar refractivity (Wildman–Crippen MR) is 93.9 cm³/mol. The summed E-state index contributed by atoms with van der Waals surface area (Å²) in [4.78, 5) is 10.9. The summed E-state index contributed by atoms with van der Waals surface area (Å²) >= 11 is 0. The van der Waals surface area contributed by atoms with E-state index in [1.165, 1.54) is 19.1 Å². The molecule has 3 aromatic carbocycles. The molecule has 0 bridgehead atoms. The Morgan fingerprint density at radius 1 is 0.920 bits per heavy atom. The summed E-state index contributed by atoms with van der Waals surface area (Å²) in [6.45, 7) is 1.73. The average Bonchev–Trinajstić information content (AvgIpc) is 2.63. The molecule has 25 heavy (non-hydrogen) atoms. The maximum Gasteiger partial charge on any atom is 0.308 e. The molecule has 0 heterocycles. The predicted octanol–water partition coefficient (Wildman–Crippen LogP) is 5.00. The van der Waals surface area contributed by atoms with Gasteiger partial charge in [0, 0.05) is 6.92 Å². The molecule has 0 aliphatic heterocycles. The Bertz CT molecular complexity index is 858. The minimum atomic E-state index is -0.572. The lowest BCUT2D eigenvalue weighted by Gasteiger charge is -2.09. The van der Waals surface area contributed by atoms with E-state index in [0.717, 1.165) is 16.9 Å². The maximum atomic E-state index is 14.0. The van der Waals surface area contributed by atoms with Gasteiger partial charge in [-0.05, 0) is 41.0 Å². The molecule has 0 amide bonds. The average molecular weight is 336 g/mol. The van der Waals surface area contributed by atoms with E-state index >= 15 is 0 Å². The van der Waals surface area contributed by atoms with Crippen molar-refractivity contribution in [2.75, 3.05) is 0 Å². The summed E-state index contributed by atoms with van der Waals surface area (Å²) in [6, 6.07) is 21.8. The smallest absolute Gasteiger partial charge is 0.308 e. The quantitative estimate of drug-likeness (QED) is 0.486. The van der Waals surface area contributed by atoms with Gasteiger partial charge in [0.15, 0.2) is 11.6 Å². The van der Waals surface area contributed by atoms with E-state index in [1.54, 1.807) is 6.07 Å². The molecule has 0 aliphatic rings. The summed E-state index contributed by atoms with van der Waals surface area (Å²) in [5.74, 6) is -0.452. The van der Waals surface area contributed by atoms with Gasteiger partial charge in [0.1, 0.15) is 12.4 Å². The van der Waals surface area contributed by atoms with E-state index in [9.17, 15) is 9.18 Å². The molecular weight excluding hydrogens is 319 g/mol. The van der Waals surface area contributed by atoms with E-state index in [1.807, 2.05) is 54.6 Å². The third-order valence-corrected chi connectivity index (χ3v) is 3.62. The van der Waals surface area contributed by atoms with Crippen molar-refractivity contribution in [1.29, 1.82) is 0 Å². The number of halogens is 1. The first-order chi connectivity index (χ1) is 12.1. The second-order valence-corrected chi connectivity index (χ2v) is 5.54. The maximum absolute atomic E-state index is 14.0. The Hall–Kier alpha value is -3.14. The van der Waals surface area contributed by atoms with Crippen LogP contribution in [0.4, 0.5) is 4.39 Å². The Morgan fingerprint density at radius 3 is 2.24 bits per heavy atom. The summed E-state index contributed by atoms with van der Waals surface area (Å²) in [5, 5.41) is 0. The van der Waals surface area contributed by atoms with Crippen LogP contribution < -0.4 is 9.47 Å². The van der Waals surface area contributed by atoms with Crippen LogP contribution in [0, 0.1) is 5.82 Å². The van der Waals surface area contributed by atoms with Gasteiger partial charge in [-0.2, -0.15) is 0 Å². The van der Waals surface area contributed by atoms with E-state index < -0.39 is 11.8 Å². The number of esters is 1. The van der Waals surface area contributed by atoms with Gasteiger partial charge in [-0.1, -0.05) is 48.5 Å². The number of ether oxygens (including phenoxy) is 2. The molecule has 0 spiro atoms. The molecule has 0 aromatic heterocycles. The highest BCUT2D eigenvalue weighted by Gasteiger charge is 2.08. The Labute approximate surface area is 145 Å². The first kappa shape index (κ1) is 16.7. The topological polar surface area (TPSA) is 35.5 Å². The fraction of sp³-hybridized carbons (Fsp3) is 0.0952. The SMILES string of the molecule is CC(=O)Oc1ccc(-c2ccc(OCc3ccccc3)cc2)cc1F. The molecule has 0 N–H and O–H groups in total. The normalized spacial score (nSPS) is 10.3. The minimum absolute atomic E-state index is 0.0703. The second kappa shape index (κ2) is 7.62. The molecule has 3 nitrogen and oxygen atoms in total. The van der Waals surface area contributed by atoms with E-state index in [0.29, 0.717) is 12.2 Å². The first-order valence-electron chi connectivity index (χ1n) is 7.87. The third kappa shape index (κ3) is 4.44. The highest BCUT2D eigenvalue weighted by Crippen LogP contribution is 2.27. The minimum Gasteiger partial charge on any atom is -0.489 e. The second-order valence-electron chi connectivity index (χ2n) is 5.54. The van der Waals surface area contributed by atoms with Gasteiger partial charge >= 0.3 is 5.97 Å². The zero-order valence-electron chi connectivity index (χ0n) is 13.7. The number of carbonyl (C=O) groups is 1. The van der Waals surface area contributed by atoms with Crippen molar-refractivity contribution in [1.82, 2.24) is 0 Å². The summed E-state index contributed by atoms with van der Waals surface area (Å²) in [5.41, 5.74) is 2.64. The zero-order valence-corrected chi connectivity index (χ0v) is 13.7. The fourth-order valence-corrected chi connectivity index (χ4v) is 2.40. The van der Waals surface area contributed by atoms with E-state index in [-0.39, 0.29) is 5.75 Å². The van der Waals surface area contributed by atoms with Crippen molar-refractivity contribution in [2.45, 2.75) is 13.5 Å². The number of hydrogen-bond acceptors (Lipinski definition) is 3. The molecule has 4 heteroatoms. The number of rotatable bonds is 5. The monoisotopic (exact) mass is 336 g/mol. The van der Waals surface area contributed by atoms with Crippen LogP contribution in [-0.2, 0) is 11.4 Å². The summed E-state index contributed by atoms with van der Waals surface area (Å²) < 4.78 is 24.5. The van der Waals surface area contributed by atoms with Crippen molar-refractivity contribution in [3.05, 3.63) is 84.2 Å². The van der Waals surface area contributed by atoms with Crippen LogP contribution in [0.3, 0.4) is 0 Å². The Morgan fingerprint density at radius 2 is 1.60 bits per heavy atom. The van der Waals surface area contributed by atoms with Crippen LogP contribution in [0.5, 0.6) is 11.5 Å². The highest BCUT2D eigenvalue weighted by atomic mass is 19.1. The van der Waals surface area contributed by atoms with Gasteiger partial charge in [0.05, 0.1) is 0 Å². The summed E-state index contributed by atoms with van der Waals surface area (Å²) in [6.07, 6.45) is 0. The standard InChI is InChI=1S/C21H17FO3/c1-15(23)25-21-12-9-18(13-20(21)22)17-7-10-19(11-8-17)24-14-16-5-3-2-4-6-16/h2-13H,14H2,1H3. The molecule has 0 saturated carbocycles. The molecule has 0 aliphatic carbocycles. The molecule has 0 unspecified atom stereocenters. The van der Waals surface area contributed by atoms with Gasteiger partial charge in [-0.15, -0.1) is 0 Å². The largest absolute Gasteiger partial charge is 0.489 e. The van der Waals surface area contributed by atoms with Crippen LogP contribution >= 0.6 is 0 Å². The molecule has 3 aromatic rings. The number of carbonyl (C=O) groups excluding carboxylic acids is 1. The molecule has 0 atom stereocenters. The molecule has 0 fully saturated rings. The highest BCUT2D eigenvalue weighted by molar-refractivity contribution is 5.70. The fourth-order valence-electron chi connectivity index (χ4n) is 2.40. The lowest BCUT2D eigenvalue weighted by atomic mass is 10.1. The third-order valence-electron chi connectivity index (χ3n) is 3.62. The molecule has 3 rings (SSSR count). The Kier molecular flexibility index (Phi) is 5.09. The van der Waals surface area contributed by atoms with Gasteiger partial charge < -0.3 is 9.47 Å². The van der Waals surface area contributed by atoms with Crippen molar-refractivity contribution in [3.8, 4) is 22.6 Å². The number of hydrogen-bond donors (Lipinski definition) is 0. The molecule has 0 radical (unpaired) electrons. The van der Waals surface area contributed by atoms with Crippen LogP contribution in [0.1, 0.15) is 12.5 Å². The molecule has 126 valence electrons. The molecular formula is C21H17FO3. The van der Waals surface area contributed by atoms with Gasteiger partial charge in [-0.3, -0.25) is 4.79 Å². The van der Waals surface area contributed by atoms with Crippen LogP contribution in [0.15, 0.2) is 72.8 Å². The van der Waals surface area contributed by atoms with E-state index in [2.05, 4.69) is 0 Å². The lowest BCUT2D eigenvalue weighted by molar-refractivity contribution is -0.132. The first-order valence-corrected chi connectivity index (χ1v) is 7.87. The van der Waals surface area contributed by atoms with Crippen molar-refractivity contribution in [2.24, 2.45) is 0 Å². The van der Waals surface area contributed by atoms with Crippen LogP contribution in [0.25, 0.3) is 11.1 Å². The Balaban J connectivity index is 1.69. The van der Waals surface area contributed by atoms with Crippen molar-refractivity contribution < 1.29 is 18.7 Å². The van der Waals surface area contributed by atoms with Crippen LogP contribution in [0.2, 0.25) is 0 Å². The van der Waals surface area contributed by atoms with E-state index in [4.69, 9.17) is 9.47 Å².